The minimum atomic E-state index is -1.30. The SMILES string of the molecule is Nc1ncnc2c1ncn2[C@@H]1O[C@H](CCn2c(Cc3cnc[nH]3)c(O)n(-c3ccc(-c4ccccc4)cc3)c2=O)[C@@H](O)C1O. The van der Waals surface area contributed by atoms with Gasteiger partial charge in [-0.05, 0) is 29.7 Å². The minimum absolute atomic E-state index is 0.0892. The standard InChI is InChI=1S/C30H29N9O5/c31-26-23-27(35-15-34-26)38(16-36-23)29-25(41)24(40)22(44-29)10-11-37-21(12-19-13-32-14-33-19)28(42)39(30(37)43)20-8-6-18(7-9-20)17-4-2-1-3-5-17/h1-9,13-16,22,24-25,29,40-42H,10-12H2,(H,32,33)(H2,31,34,35)/t22-,24-,25?,29-/m1/s1. The van der Waals surface area contributed by atoms with Crippen molar-refractivity contribution < 1.29 is 20.1 Å². The Kier molecular flexibility index (Phi) is 6.93. The van der Waals surface area contributed by atoms with Crippen LogP contribution in [0, 0.1) is 0 Å². The predicted octanol–water partition coefficient (Wildman–Crippen LogP) is 1.76. The molecule has 7 rings (SSSR count). The van der Waals surface area contributed by atoms with Crippen molar-refractivity contribution in [1.82, 2.24) is 38.6 Å². The molecule has 1 aliphatic heterocycles. The topological polar surface area (TPSA) is 195 Å². The summed E-state index contributed by atoms with van der Waals surface area (Å²) in [6.07, 6.45) is 1.83. The quantitative estimate of drug-likeness (QED) is 0.173. The van der Waals surface area contributed by atoms with Crippen LogP contribution in [0.3, 0.4) is 0 Å². The summed E-state index contributed by atoms with van der Waals surface area (Å²) in [5, 5.41) is 33.2. The van der Waals surface area contributed by atoms with Crippen LogP contribution in [0.2, 0.25) is 0 Å². The third-order valence-electron chi connectivity index (χ3n) is 8.00. The summed E-state index contributed by atoms with van der Waals surface area (Å²) in [5.41, 5.74) is 9.71. The molecule has 1 unspecified atom stereocenters. The van der Waals surface area contributed by atoms with Gasteiger partial charge in [-0.15, -0.1) is 0 Å². The van der Waals surface area contributed by atoms with Gasteiger partial charge < -0.3 is 30.8 Å². The number of anilines is 1. The Morgan fingerprint density at radius 3 is 2.50 bits per heavy atom. The second-order valence-electron chi connectivity index (χ2n) is 10.6. The van der Waals surface area contributed by atoms with Crippen LogP contribution >= 0.6 is 0 Å². The summed E-state index contributed by atoms with van der Waals surface area (Å²) in [5.74, 6) is -0.0217. The summed E-state index contributed by atoms with van der Waals surface area (Å²) < 4.78 is 10.3. The highest BCUT2D eigenvalue weighted by Crippen LogP contribution is 2.34. The average Bonchev–Trinajstić information content (AvgIpc) is 3.82. The molecular weight excluding hydrogens is 566 g/mol. The molecule has 44 heavy (non-hydrogen) atoms. The van der Waals surface area contributed by atoms with Gasteiger partial charge in [-0.1, -0.05) is 42.5 Å². The number of nitrogens with zero attached hydrogens (tertiary/aromatic N) is 7. The summed E-state index contributed by atoms with van der Waals surface area (Å²) in [6, 6.07) is 17.2. The van der Waals surface area contributed by atoms with E-state index in [0.717, 1.165) is 11.1 Å². The van der Waals surface area contributed by atoms with Crippen molar-refractivity contribution in [2.24, 2.45) is 0 Å². The van der Waals surface area contributed by atoms with Gasteiger partial charge in [0, 0.05) is 24.9 Å². The second-order valence-corrected chi connectivity index (χ2v) is 10.6. The van der Waals surface area contributed by atoms with E-state index in [4.69, 9.17) is 10.5 Å². The lowest BCUT2D eigenvalue weighted by Gasteiger charge is -2.16. The van der Waals surface area contributed by atoms with Gasteiger partial charge in [-0.2, -0.15) is 0 Å². The molecule has 2 aromatic carbocycles. The van der Waals surface area contributed by atoms with Crippen LogP contribution in [0.25, 0.3) is 28.0 Å². The molecule has 0 saturated carbocycles. The molecule has 0 aliphatic carbocycles. The van der Waals surface area contributed by atoms with Crippen LogP contribution in [0.1, 0.15) is 24.0 Å². The molecular formula is C30H29N9O5. The fourth-order valence-electron chi connectivity index (χ4n) is 5.72. The van der Waals surface area contributed by atoms with Crippen molar-refractivity contribution in [2.45, 2.75) is 43.9 Å². The smallest absolute Gasteiger partial charge is 0.335 e. The van der Waals surface area contributed by atoms with E-state index in [1.54, 1.807) is 18.3 Å². The number of nitrogen functional groups attached to an aromatic ring is 1. The molecule has 6 aromatic rings. The Labute approximate surface area is 249 Å². The van der Waals surface area contributed by atoms with E-state index in [1.807, 2.05) is 42.5 Å². The lowest BCUT2D eigenvalue weighted by molar-refractivity contribution is -0.0380. The van der Waals surface area contributed by atoms with Crippen molar-refractivity contribution in [2.75, 3.05) is 5.73 Å². The maximum atomic E-state index is 13.8. The molecule has 0 spiro atoms. The number of imidazole rings is 3. The molecule has 0 amide bonds. The number of hydrogen-bond acceptors (Lipinski definition) is 10. The number of nitrogens with one attached hydrogen (secondary N) is 1. The summed E-state index contributed by atoms with van der Waals surface area (Å²) >= 11 is 0. The number of aliphatic hydroxyl groups is 2. The van der Waals surface area contributed by atoms with Crippen LogP contribution in [-0.4, -0.2) is 72.3 Å². The van der Waals surface area contributed by atoms with Crippen LogP contribution in [-0.2, 0) is 17.7 Å². The molecule has 14 nitrogen and oxygen atoms in total. The molecule has 0 radical (unpaired) electrons. The van der Waals surface area contributed by atoms with E-state index in [0.29, 0.717) is 28.2 Å². The average molecular weight is 596 g/mol. The molecule has 4 aromatic heterocycles. The van der Waals surface area contributed by atoms with Gasteiger partial charge in [0.25, 0.3) is 0 Å². The van der Waals surface area contributed by atoms with E-state index in [9.17, 15) is 20.1 Å². The van der Waals surface area contributed by atoms with E-state index in [2.05, 4.69) is 24.9 Å². The maximum Gasteiger partial charge on any atom is 0.335 e. The van der Waals surface area contributed by atoms with Gasteiger partial charge in [-0.3, -0.25) is 9.13 Å². The minimum Gasteiger partial charge on any atom is -0.493 e. The fourth-order valence-corrected chi connectivity index (χ4v) is 5.72. The van der Waals surface area contributed by atoms with Crippen LogP contribution in [0.5, 0.6) is 5.88 Å². The number of aromatic nitrogens is 8. The maximum absolute atomic E-state index is 13.8. The van der Waals surface area contributed by atoms with Gasteiger partial charge in [0.2, 0.25) is 5.88 Å². The predicted molar refractivity (Wildman–Crippen MR) is 159 cm³/mol. The van der Waals surface area contributed by atoms with Crippen molar-refractivity contribution in [3.63, 3.8) is 0 Å². The lowest BCUT2D eigenvalue weighted by atomic mass is 10.1. The largest absolute Gasteiger partial charge is 0.493 e. The molecule has 1 aliphatic rings. The first-order valence-corrected chi connectivity index (χ1v) is 14.0. The van der Waals surface area contributed by atoms with E-state index in [1.165, 1.54) is 32.7 Å². The monoisotopic (exact) mass is 595 g/mol. The number of fused-ring (bicyclic) bond motifs is 1. The Balaban J connectivity index is 1.18. The highest BCUT2D eigenvalue weighted by Gasteiger charge is 2.44. The highest BCUT2D eigenvalue weighted by molar-refractivity contribution is 5.81. The molecule has 4 atom stereocenters. The molecule has 14 heteroatoms. The highest BCUT2D eigenvalue weighted by atomic mass is 16.6. The van der Waals surface area contributed by atoms with E-state index in [-0.39, 0.29) is 31.1 Å². The summed E-state index contributed by atoms with van der Waals surface area (Å²) in [4.78, 5) is 33.2. The van der Waals surface area contributed by atoms with Crippen molar-refractivity contribution in [3.8, 4) is 22.7 Å². The fraction of sp³-hybridized carbons (Fsp3) is 0.233. The zero-order chi connectivity index (χ0) is 30.4. The van der Waals surface area contributed by atoms with Crippen molar-refractivity contribution in [3.05, 3.63) is 102 Å². The second kappa shape index (κ2) is 11.1. The number of ether oxygens (including phenoxy) is 1. The molecule has 1 fully saturated rings. The molecule has 1 saturated heterocycles. The zero-order valence-electron chi connectivity index (χ0n) is 23.3. The Morgan fingerprint density at radius 2 is 1.75 bits per heavy atom. The molecule has 224 valence electrons. The number of rotatable bonds is 8. The number of benzene rings is 2. The van der Waals surface area contributed by atoms with Crippen molar-refractivity contribution in [1.29, 1.82) is 0 Å². The number of hydrogen-bond donors (Lipinski definition) is 5. The van der Waals surface area contributed by atoms with Gasteiger partial charge in [0.05, 0.1) is 30.1 Å². The molecule has 5 heterocycles. The Hall–Kier alpha value is -5.31. The number of aromatic hydroxyl groups is 1. The van der Waals surface area contributed by atoms with Gasteiger partial charge in [0.1, 0.15) is 24.1 Å². The number of H-pyrrole nitrogens is 1. The number of aromatic amines is 1. The first-order chi connectivity index (χ1) is 21.4. The van der Waals surface area contributed by atoms with Gasteiger partial charge in [-0.25, -0.2) is 29.3 Å². The van der Waals surface area contributed by atoms with Crippen molar-refractivity contribution >= 4 is 17.0 Å². The van der Waals surface area contributed by atoms with Gasteiger partial charge >= 0.3 is 5.69 Å². The van der Waals surface area contributed by atoms with Crippen LogP contribution in [0.4, 0.5) is 5.82 Å². The first-order valence-electron chi connectivity index (χ1n) is 14.0. The third kappa shape index (κ3) is 4.70. The third-order valence-corrected chi connectivity index (χ3v) is 8.00. The summed E-state index contributed by atoms with van der Waals surface area (Å²) in [6.45, 7) is 0.0892. The first kappa shape index (κ1) is 27.5. The van der Waals surface area contributed by atoms with Gasteiger partial charge in [0.15, 0.2) is 17.7 Å². The van der Waals surface area contributed by atoms with Crippen LogP contribution < -0.4 is 11.4 Å². The van der Waals surface area contributed by atoms with E-state index < -0.39 is 30.2 Å². The Morgan fingerprint density at radius 1 is 0.977 bits per heavy atom. The normalized spacial score (nSPS) is 20.0. The number of aliphatic hydroxyl groups excluding tert-OH is 2. The van der Waals surface area contributed by atoms with E-state index >= 15 is 0 Å². The van der Waals surface area contributed by atoms with Crippen LogP contribution in [0.15, 0.2) is 84.6 Å². The zero-order valence-corrected chi connectivity index (χ0v) is 23.3. The molecule has 0 bridgehead atoms. The molecule has 6 N–H and O–H groups in total. The Bertz CT molecular complexity index is 1970. The summed E-state index contributed by atoms with van der Waals surface area (Å²) in [7, 11) is 0. The number of nitrogens with two attached hydrogens (primary N) is 1. The lowest BCUT2D eigenvalue weighted by Crippen LogP contribution is -2.33.